The summed E-state index contributed by atoms with van der Waals surface area (Å²) in [7, 11) is 1.58. The first-order valence-corrected chi connectivity index (χ1v) is 10.1. The molecule has 0 radical (unpaired) electrons. The third kappa shape index (κ3) is 3.82. The Bertz CT molecular complexity index is 1220. The van der Waals surface area contributed by atoms with Crippen LogP contribution in [0, 0.1) is 6.92 Å². The van der Waals surface area contributed by atoms with Crippen molar-refractivity contribution in [2.75, 3.05) is 12.9 Å². The van der Waals surface area contributed by atoms with Gasteiger partial charge in [0.1, 0.15) is 5.75 Å². The standard InChI is InChI=1S/C21H18F3N3O2S/c1-12-8-19-25-26-20(27(19)17-10-15(29-2)6-7-16(12)17)30-11-18(28)13-4-3-5-14(9-13)21(22,23)24/h3-10,18,28H,11H2,1-2H3. The van der Waals surface area contributed by atoms with Crippen molar-refractivity contribution in [2.45, 2.75) is 24.4 Å². The Balaban J connectivity index is 1.66. The van der Waals surface area contributed by atoms with Crippen LogP contribution in [-0.2, 0) is 6.18 Å². The highest BCUT2D eigenvalue weighted by Crippen LogP contribution is 2.33. The summed E-state index contributed by atoms with van der Waals surface area (Å²) in [5.41, 5.74) is 1.95. The van der Waals surface area contributed by atoms with E-state index in [0.29, 0.717) is 16.6 Å². The van der Waals surface area contributed by atoms with Crippen LogP contribution in [0.3, 0.4) is 0 Å². The number of fused-ring (bicyclic) bond motifs is 3. The Morgan fingerprint density at radius 3 is 2.67 bits per heavy atom. The van der Waals surface area contributed by atoms with Gasteiger partial charge in [-0.25, -0.2) is 0 Å². The van der Waals surface area contributed by atoms with Crippen LogP contribution in [0.15, 0.2) is 53.7 Å². The Hall–Kier alpha value is -2.78. The number of aromatic nitrogens is 3. The zero-order valence-electron chi connectivity index (χ0n) is 16.1. The van der Waals surface area contributed by atoms with Gasteiger partial charge in [-0.1, -0.05) is 23.9 Å². The van der Waals surface area contributed by atoms with Gasteiger partial charge < -0.3 is 9.84 Å². The molecule has 0 spiro atoms. The number of nitrogens with zero attached hydrogens (tertiary/aromatic N) is 3. The zero-order valence-corrected chi connectivity index (χ0v) is 17.0. The Labute approximate surface area is 174 Å². The third-order valence-electron chi connectivity index (χ3n) is 4.84. The average Bonchev–Trinajstić information content (AvgIpc) is 3.14. The number of ether oxygens (including phenoxy) is 1. The van der Waals surface area contributed by atoms with Gasteiger partial charge in [0, 0.05) is 17.2 Å². The summed E-state index contributed by atoms with van der Waals surface area (Å²) in [6.07, 6.45) is -5.54. The molecular weight excluding hydrogens is 415 g/mol. The minimum absolute atomic E-state index is 0.126. The highest BCUT2D eigenvalue weighted by molar-refractivity contribution is 7.99. The summed E-state index contributed by atoms with van der Waals surface area (Å²) in [6, 6.07) is 12.3. The van der Waals surface area contributed by atoms with Crippen LogP contribution in [0.25, 0.3) is 16.6 Å². The fraction of sp³-hybridized carbons (Fsp3) is 0.238. The second-order valence-corrected chi connectivity index (χ2v) is 7.82. The van der Waals surface area contributed by atoms with Gasteiger partial charge in [-0.15, -0.1) is 10.2 Å². The summed E-state index contributed by atoms with van der Waals surface area (Å²) in [5, 5.41) is 20.4. The maximum Gasteiger partial charge on any atom is 0.416 e. The number of rotatable bonds is 5. The molecule has 1 N–H and O–H groups in total. The number of aliphatic hydroxyl groups excluding tert-OH is 1. The molecule has 30 heavy (non-hydrogen) atoms. The number of pyridine rings is 1. The van der Waals surface area contributed by atoms with Crippen LogP contribution in [0.2, 0.25) is 0 Å². The summed E-state index contributed by atoms with van der Waals surface area (Å²) in [6.45, 7) is 1.98. The SMILES string of the molecule is COc1ccc2c(C)cc3nnc(SCC(O)c4cccc(C(F)(F)F)c4)n3c2c1. The zero-order chi connectivity index (χ0) is 21.5. The van der Waals surface area contributed by atoms with E-state index in [2.05, 4.69) is 10.2 Å². The molecule has 0 saturated heterocycles. The first-order valence-electron chi connectivity index (χ1n) is 9.08. The largest absolute Gasteiger partial charge is 0.497 e. The van der Waals surface area contributed by atoms with Crippen molar-refractivity contribution < 1.29 is 23.0 Å². The summed E-state index contributed by atoms with van der Waals surface area (Å²) >= 11 is 1.22. The molecule has 1 atom stereocenters. The number of halogens is 3. The lowest BCUT2D eigenvalue weighted by Crippen LogP contribution is -2.08. The van der Waals surface area contributed by atoms with E-state index in [4.69, 9.17) is 4.74 Å². The van der Waals surface area contributed by atoms with Gasteiger partial charge in [-0.05, 0) is 48.4 Å². The van der Waals surface area contributed by atoms with Crippen molar-refractivity contribution in [1.29, 1.82) is 0 Å². The lowest BCUT2D eigenvalue weighted by molar-refractivity contribution is -0.137. The van der Waals surface area contributed by atoms with Gasteiger partial charge in [0.15, 0.2) is 10.8 Å². The number of hydrogen-bond donors (Lipinski definition) is 1. The molecule has 2 heterocycles. The van der Waals surface area contributed by atoms with Gasteiger partial charge in [0.05, 0.1) is 24.3 Å². The van der Waals surface area contributed by atoms with Gasteiger partial charge in [-0.2, -0.15) is 13.2 Å². The number of aliphatic hydroxyl groups is 1. The van der Waals surface area contributed by atoms with E-state index in [1.807, 2.05) is 35.6 Å². The second-order valence-electron chi connectivity index (χ2n) is 6.84. The van der Waals surface area contributed by atoms with Gasteiger partial charge in [-0.3, -0.25) is 4.40 Å². The highest BCUT2D eigenvalue weighted by Gasteiger charge is 2.31. The molecule has 156 valence electrons. The minimum Gasteiger partial charge on any atom is -0.497 e. The molecule has 2 aromatic carbocycles. The molecule has 0 saturated carbocycles. The summed E-state index contributed by atoms with van der Waals surface area (Å²) < 4.78 is 46.0. The molecule has 4 aromatic rings. The molecule has 0 amide bonds. The van der Waals surface area contributed by atoms with Crippen LogP contribution in [0.1, 0.15) is 22.8 Å². The first-order chi connectivity index (χ1) is 14.3. The van der Waals surface area contributed by atoms with Crippen molar-refractivity contribution in [1.82, 2.24) is 14.6 Å². The molecule has 1 unspecified atom stereocenters. The predicted molar refractivity (Wildman–Crippen MR) is 109 cm³/mol. The molecular formula is C21H18F3N3O2S. The number of alkyl halides is 3. The number of methoxy groups -OCH3 is 1. The lowest BCUT2D eigenvalue weighted by atomic mass is 10.1. The number of hydrogen-bond acceptors (Lipinski definition) is 5. The lowest BCUT2D eigenvalue weighted by Gasteiger charge is -2.13. The van der Waals surface area contributed by atoms with E-state index < -0.39 is 17.8 Å². The summed E-state index contributed by atoms with van der Waals surface area (Å²) in [4.78, 5) is 0. The van der Waals surface area contributed by atoms with Crippen LogP contribution in [0.5, 0.6) is 5.75 Å². The second kappa shape index (κ2) is 7.81. The average molecular weight is 433 g/mol. The minimum atomic E-state index is -4.46. The molecule has 0 aliphatic rings. The fourth-order valence-electron chi connectivity index (χ4n) is 3.29. The van der Waals surface area contributed by atoms with Crippen molar-refractivity contribution >= 4 is 28.3 Å². The number of benzene rings is 2. The topological polar surface area (TPSA) is 59.7 Å². The number of thioether (sulfide) groups is 1. The van der Waals surface area contributed by atoms with E-state index >= 15 is 0 Å². The van der Waals surface area contributed by atoms with Crippen LogP contribution >= 0.6 is 11.8 Å². The molecule has 4 rings (SSSR count). The molecule has 5 nitrogen and oxygen atoms in total. The Kier molecular flexibility index (Phi) is 5.33. The quantitative estimate of drug-likeness (QED) is 0.447. The normalized spacial score (nSPS) is 13.1. The molecule has 0 bridgehead atoms. The van der Waals surface area contributed by atoms with Gasteiger partial charge >= 0.3 is 6.18 Å². The van der Waals surface area contributed by atoms with E-state index in [-0.39, 0.29) is 11.3 Å². The molecule has 9 heteroatoms. The molecule has 0 aliphatic heterocycles. The van der Waals surface area contributed by atoms with Crippen LogP contribution in [-0.4, -0.2) is 32.6 Å². The fourth-order valence-corrected chi connectivity index (χ4v) is 4.21. The van der Waals surface area contributed by atoms with E-state index in [1.165, 1.54) is 23.9 Å². The van der Waals surface area contributed by atoms with Crippen molar-refractivity contribution in [2.24, 2.45) is 0 Å². The first kappa shape index (κ1) is 20.5. The number of aryl methyl sites for hydroxylation is 1. The van der Waals surface area contributed by atoms with Gasteiger partial charge in [0.2, 0.25) is 0 Å². The maximum absolute atomic E-state index is 12.9. The maximum atomic E-state index is 12.9. The van der Waals surface area contributed by atoms with E-state index in [0.717, 1.165) is 28.6 Å². The summed E-state index contributed by atoms with van der Waals surface area (Å²) in [5.74, 6) is 0.810. The third-order valence-corrected chi connectivity index (χ3v) is 5.85. The predicted octanol–water partition coefficient (Wildman–Crippen LogP) is 5.04. The Morgan fingerprint density at radius 2 is 1.93 bits per heavy atom. The molecule has 0 aliphatic carbocycles. The van der Waals surface area contributed by atoms with Crippen molar-refractivity contribution in [3.63, 3.8) is 0 Å². The van der Waals surface area contributed by atoms with Crippen LogP contribution in [0.4, 0.5) is 13.2 Å². The van der Waals surface area contributed by atoms with Gasteiger partial charge in [0.25, 0.3) is 0 Å². The highest BCUT2D eigenvalue weighted by atomic mass is 32.2. The van der Waals surface area contributed by atoms with Crippen molar-refractivity contribution in [3.8, 4) is 5.75 Å². The smallest absolute Gasteiger partial charge is 0.416 e. The van der Waals surface area contributed by atoms with E-state index in [1.54, 1.807) is 7.11 Å². The molecule has 0 fully saturated rings. The van der Waals surface area contributed by atoms with Crippen molar-refractivity contribution in [3.05, 3.63) is 65.2 Å². The van der Waals surface area contributed by atoms with Crippen LogP contribution < -0.4 is 4.74 Å². The Morgan fingerprint density at radius 1 is 1.13 bits per heavy atom. The molecule has 2 aromatic heterocycles. The van der Waals surface area contributed by atoms with E-state index in [9.17, 15) is 18.3 Å². The monoisotopic (exact) mass is 433 g/mol.